The predicted molar refractivity (Wildman–Crippen MR) is 60.9 cm³/mol. The minimum atomic E-state index is -0.766. The molecule has 1 aliphatic rings. The van der Waals surface area contributed by atoms with E-state index in [1.165, 1.54) is 5.56 Å². The number of rotatable bonds is 2. The van der Waals surface area contributed by atoms with E-state index >= 15 is 0 Å². The molecule has 0 amide bonds. The highest BCUT2D eigenvalue weighted by atomic mass is 32.2. The average Bonchev–Trinajstić information content (AvgIpc) is 2.66. The van der Waals surface area contributed by atoms with Gasteiger partial charge >= 0.3 is 5.97 Å². The third kappa shape index (κ3) is 2.33. The summed E-state index contributed by atoms with van der Waals surface area (Å²) < 4.78 is 0. The van der Waals surface area contributed by atoms with Crippen LogP contribution >= 0.6 is 11.8 Å². The standard InChI is InChI=1S/C11H13NO2S/c1-7-3-2-4-8(5-7)10-12-9(6-15-10)11(13)14/h2-5,9-10,12H,6H2,1H3,(H,13,14). The molecule has 0 spiro atoms. The van der Waals surface area contributed by atoms with E-state index in [9.17, 15) is 4.79 Å². The first kappa shape index (κ1) is 10.5. The number of hydrogen-bond acceptors (Lipinski definition) is 3. The highest BCUT2D eigenvalue weighted by Crippen LogP contribution is 2.32. The fourth-order valence-corrected chi connectivity index (χ4v) is 2.86. The summed E-state index contributed by atoms with van der Waals surface area (Å²) in [6, 6.07) is 7.75. The highest BCUT2D eigenvalue weighted by Gasteiger charge is 2.30. The molecule has 1 aromatic carbocycles. The van der Waals surface area contributed by atoms with Crippen LogP contribution < -0.4 is 5.32 Å². The Kier molecular flexibility index (Phi) is 2.98. The normalized spacial score (nSPS) is 25.4. The van der Waals surface area contributed by atoms with E-state index in [1.807, 2.05) is 25.1 Å². The summed E-state index contributed by atoms with van der Waals surface area (Å²) in [6.45, 7) is 2.04. The van der Waals surface area contributed by atoms with Gasteiger partial charge in [0.2, 0.25) is 0 Å². The number of carboxylic acid groups (broad SMARTS) is 1. The second-order valence-corrected chi connectivity index (χ2v) is 4.82. The van der Waals surface area contributed by atoms with E-state index in [1.54, 1.807) is 11.8 Å². The number of aliphatic carboxylic acids is 1. The van der Waals surface area contributed by atoms with E-state index in [0.717, 1.165) is 5.56 Å². The molecule has 2 rings (SSSR count). The van der Waals surface area contributed by atoms with Crippen molar-refractivity contribution in [2.45, 2.75) is 18.3 Å². The van der Waals surface area contributed by atoms with Gasteiger partial charge in [-0.15, -0.1) is 11.8 Å². The van der Waals surface area contributed by atoms with E-state index in [0.29, 0.717) is 5.75 Å². The fourth-order valence-electron chi connectivity index (χ4n) is 1.64. The van der Waals surface area contributed by atoms with Gasteiger partial charge in [-0.2, -0.15) is 0 Å². The molecule has 0 saturated carbocycles. The van der Waals surface area contributed by atoms with Crippen molar-refractivity contribution in [2.24, 2.45) is 0 Å². The lowest BCUT2D eigenvalue weighted by atomic mass is 10.1. The van der Waals surface area contributed by atoms with Gasteiger partial charge in [0.15, 0.2) is 0 Å². The SMILES string of the molecule is Cc1cccc(C2NC(C(=O)O)CS2)c1. The Labute approximate surface area is 92.9 Å². The Bertz CT molecular complexity index is 381. The monoisotopic (exact) mass is 223 g/mol. The van der Waals surface area contributed by atoms with Gasteiger partial charge in [0.25, 0.3) is 0 Å². The summed E-state index contributed by atoms with van der Waals surface area (Å²) in [6.07, 6.45) is 0. The molecule has 15 heavy (non-hydrogen) atoms. The molecule has 80 valence electrons. The van der Waals surface area contributed by atoms with Gasteiger partial charge < -0.3 is 5.11 Å². The summed E-state index contributed by atoms with van der Waals surface area (Å²) in [7, 11) is 0. The molecule has 1 aliphatic heterocycles. The number of benzene rings is 1. The first-order chi connectivity index (χ1) is 7.16. The Hall–Kier alpha value is -1.00. The lowest BCUT2D eigenvalue weighted by molar-refractivity contribution is -0.138. The van der Waals surface area contributed by atoms with Crippen LogP contribution in [0.3, 0.4) is 0 Å². The van der Waals surface area contributed by atoms with Crippen LogP contribution in [0.2, 0.25) is 0 Å². The number of carbonyl (C=O) groups is 1. The third-order valence-corrected chi connectivity index (χ3v) is 3.69. The zero-order valence-electron chi connectivity index (χ0n) is 8.43. The van der Waals surface area contributed by atoms with E-state index in [-0.39, 0.29) is 5.37 Å². The van der Waals surface area contributed by atoms with Crippen molar-refractivity contribution in [1.29, 1.82) is 0 Å². The second-order valence-electron chi connectivity index (χ2n) is 3.69. The van der Waals surface area contributed by atoms with Crippen LogP contribution in [0.25, 0.3) is 0 Å². The summed E-state index contributed by atoms with van der Waals surface area (Å²) in [4.78, 5) is 10.8. The Morgan fingerprint density at radius 1 is 1.60 bits per heavy atom. The van der Waals surface area contributed by atoms with Crippen LogP contribution in [0, 0.1) is 6.92 Å². The average molecular weight is 223 g/mol. The van der Waals surface area contributed by atoms with E-state index < -0.39 is 12.0 Å². The van der Waals surface area contributed by atoms with Gasteiger partial charge in [-0.1, -0.05) is 29.8 Å². The third-order valence-electron chi connectivity index (χ3n) is 2.43. The fraction of sp³-hybridized carbons (Fsp3) is 0.364. The molecule has 0 bridgehead atoms. The molecule has 1 fully saturated rings. The van der Waals surface area contributed by atoms with Gasteiger partial charge in [0, 0.05) is 5.75 Å². The molecule has 4 heteroatoms. The quantitative estimate of drug-likeness (QED) is 0.802. The van der Waals surface area contributed by atoms with Crippen molar-refractivity contribution < 1.29 is 9.90 Å². The molecule has 2 atom stereocenters. The number of carboxylic acids is 1. The summed E-state index contributed by atoms with van der Waals surface area (Å²) in [5.41, 5.74) is 2.36. The van der Waals surface area contributed by atoms with Crippen molar-refractivity contribution in [1.82, 2.24) is 5.32 Å². The molecule has 1 aromatic rings. The van der Waals surface area contributed by atoms with Crippen molar-refractivity contribution in [3.8, 4) is 0 Å². The van der Waals surface area contributed by atoms with Gasteiger partial charge in [-0.3, -0.25) is 10.1 Å². The number of nitrogens with one attached hydrogen (secondary N) is 1. The molecule has 2 unspecified atom stereocenters. The maximum atomic E-state index is 10.8. The summed E-state index contributed by atoms with van der Waals surface area (Å²) in [5, 5.41) is 12.1. The van der Waals surface area contributed by atoms with Gasteiger partial charge in [-0.25, -0.2) is 0 Å². The summed E-state index contributed by atoms with van der Waals surface area (Å²) in [5.74, 6) is -0.133. The number of aryl methyl sites for hydroxylation is 1. The molecule has 1 saturated heterocycles. The highest BCUT2D eigenvalue weighted by molar-refractivity contribution is 7.99. The minimum absolute atomic E-state index is 0.117. The lowest BCUT2D eigenvalue weighted by Gasteiger charge is -2.11. The molecule has 2 N–H and O–H groups in total. The zero-order chi connectivity index (χ0) is 10.8. The maximum Gasteiger partial charge on any atom is 0.321 e. The minimum Gasteiger partial charge on any atom is -0.480 e. The smallest absolute Gasteiger partial charge is 0.321 e. The summed E-state index contributed by atoms with van der Waals surface area (Å²) >= 11 is 1.65. The molecule has 3 nitrogen and oxygen atoms in total. The zero-order valence-corrected chi connectivity index (χ0v) is 9.25. The van der Waals surface area contributed by atoms with Crippen LogP contribution in [0.5, 0.6) is 0 Å². The number of hydrogen-bond donors (Lipinski definition) is 2. The Morgan fingerprint density at radius 3 is 3.00 bits per heavy atom. The van der Waals surface area contributed by atoms with E-state index in [4.69, 9.17) is 5.11 Å². The van der Waals surface area contributed by atoms with Crippen molar-refractivity contribution in [3.63, 3.8) is 0 Å². The number of thioether (sulfide) groups is 1. The second kappa shape index (κ2) is 4.24. The van der Waals surface area contributed by atoms with Crippen LogP contribution in [0.15, 0.2) is 24.3 Å². The largest absolute Gasteiger partial charge is 0.480 e. The van der Waals surface area contributed by atoms with Crippen LogP contribution in [-0.4, -0.2) is 22.9 Å². The van der Waals surface area contributed by atoms with Crippen LogP contribution in [-0.2, 0) is 4.79 Å². The van der Waals surface area contributed by atoms with Crippen molar-refractivity contribution in [2.75, 3.05) is 5.75 Å². The van der Waals surface area contributed by atoms with Gasteiger partial charge in [-0.05, 0) is 12.5 Å². The van der Waals surface area contributed by atoms with Gasteiger partial charge in [0.05, 0.1) is 5.37 Å². The maximum absolute atomic E-state index is 10.8. The molecule has 0 aromatic heterocycles. The molecule has 1 heterocycles. The molecular weight excluding hydrogens is 210 g/mol. The predicted octanol–water partition coefficient (Wildman–Crippen LogP) is 1.78. The van der Waals surface area contributed by atoms with Gasteiger partial charge in [0.1, 0.15) is 6.04 Å². The van der Waals surface area contributed by atoms with Crippen LogP contribution in [0.4, 0.5) is 0 Å². The molecule has 0 radical (unpaired) electrons. The first-order valence-electron chi connectivity index (χ1n) is 4.84. The first-order valence-corrected chi connectivity index (χ1v) is 5.89. The van der Waals surface area contributed by atoms with E-state index in [2.05, 4.69) is 11.4 Å². The lowest BCUT2D eigenvalue weighted by Crippen LogP contribution is -2.33. The Balaban J connectivity index is 2.11. The topological polar surface area (TPSA) is 49.3 Å². The molecular formula is C11H13NO2S. The van der Waals surface area contributed by atoms with Crippen molar-refractivity contribution in [3.05, 3.63) is 35.4 Å². The molecule has 0 aliphatic carbocycles. The Morgan fingerprint density at radius 2 is 2.40 bits per heavy atom. The van der Waals surface area contributed by atoms with Crippen molar-refractivity contribution >= 4 is 17.7 Å². The van der Waals surface area contributed by atoms with Crippen LogP contribution in [0.1, 0.15) is 16.5 Å².